The largest absolute Gasteiger partial charge is 0.340 e. The van der Waals surface area contributed by atoms with Gasteiger partial charge in [0.05, 0.1) is 4.90 Å². The maximum Gasteiger partial charge on any atom is 0.243 e. The van der Waals surface area contributed by atoms with Crippen LogP contribution in [-0.2, 0) is 14.8 Å². The molecule has 1 saturated heterocycles. The summed E-state index contributed by atoms with van der Waals surface area (Å²) in [5.41, 5.74) is 0.304. The lowest BCUT2D eigenvalue weighted by Crippen LogP contribution is -2.51. The third-order valence-corrected chi connectivity index (χ3v) is 6.55. The summed E-state index contributed by atoms with van der Waals surface area (Å²) in [5, 5.41) is 0. The van der Waals surface area contributed by atoms with Crippen molar-refractivity contribution in [2.45, 2.75) is 38.5 Å². The van der Waals surface area contributed by atoms with E-state index in [0.717, 1.165) is 12.8 Å². The fourth-order valence-corrected chi connectivity index (χ4v) is 4.48. The topological polar surface area (TPSA) is 57.7 Å². The number of nitrogens with zero attached hydrogens (tertiary/aromatic N) is 2. The maximum absolute atomic E-state index is 13.4. The van der Waals surface area contributed by atoms with Crippen LogP contribution in [0.2, 0.25) is 0 Å². The Morgan fingerprint density at radius 1 is 1.17 bits per heavy atom. The Kier molecular flexibility index (Phi) is 5.98. The zero-order valence-corrected chi connectivity index (χ0v) is 15.3. The molecule has 1 aliphatic heterocycles. The second-order valence-corrected chi connectivity index (χ2v) is 8.09. The summed E-state index contributed by atoms with van der Waals surface area (Å²) in [6, 6.07) is 3.82. The predicted octanol–water partition coefficient (Wildman–Crippen LogP) is 2.40. The quantitative estimate of drug-likeness (QED) is 0.814. The molecule has 2 rings (SSSR count). The van der Waals surface area contributed by atoms with Crippen LogP contribution in [0.15, 0.2) is 23.1 Å². The van der Waals surface area contributed by atoms with E-state index in [-0.39, 0.29) is 29.8 Å². The van der Waals surface area contributed by atoms with Crippen LogP contribution in [0.1, 0.15) is 32.3 Å². The van der Waals surface area contributed by atoms with E-state index in [0.29, 0.717) is 18.7 Å². The van der Waals surface area contributed by atoms with Crippen LogP contribution in [-0.4, -0.2) is 49.7 Å². The van der Waals surface area contributed by atoms with Gasteiger partial charge in [-0.2, -0.15) is 4.31 Å². The minimum absolute atomic E-state index is 0.00732. The summed E-state index contributed by atoms with van der Waals surface area (Å²) in [6.45, 7) is 6.85. The molecule has 0 unspecified atom stereocenters. The van der Waals surface area contributed by atoms with Crippen molar-refractivity contribution < 1.29 is 17.6 Å². The van der Waals surface area contributed by atoms with E-state index in [2.05, 4.69) is 0 Å². The first kappa shape index (κ1) is 18.9. The van der Waals surface area contributed by atoms with Crippen LogP contribution in [0.5, 0.6) is 0 Å². The molecule has 7 heteroatoms. The number of hydrogen-bond donors (Lipinski definition) is 0. The second kappa shape index (κ2) is 7.61. The molecule has 1 fully saturated rings. The van der Waals surface area contributed by atoms with E-state index >= 15 is 0 Å². The molecule has 0 aliphatic carbocycles. The van der Waals surface area contributed by atoms with Crippen molar-refractivity contribution in [3.8, 4) is 0 Å². The zero-order chi connectivity index (χ0) is 17.9. The highest BCUT2D eigenvalue weighted by atomic mass is 32.2. The van der Waals surface area contributed by atoms with E-state index in [1.165, 1.54) is 22.5 Å². The SMILES string of the molecule is CCC(CC)C(=O)N1CCN(S(=O)(=O)c2ccc(F)c(C)c2)CC1. The van der Waals surface area contributed by atoms with E-state index in [1.807, 2.05) is 13.8 Å². The van der Waals surface area contributed by atoms with Gasteiger partial charge in [-0.25, -0.2) is 12.8 Å². The highest BCUT2D eigenvalue weighted by Gasteiger charge is 2.31. The molecule has 134 valence electrons. The molecule has 0 atom stereocenters. The van der Waals surface area contributed by atoms with Gasteiger partial charge in [0.25, 0.3) is 0 Å². The highest BCUT2D eigenvalue weighted by molar-refractivity contribution is 7.89. The van der Waals surface area contributed by atoms with E-state index in [4.69, 9.17) is 0 Å². The number of halogens is 1. The minimum atomic E-state index is -3.65. The smallest absolute Gasteiger partial charge is 0.243 e. The summed E-state index contributed by atoms with van der Waals surface area (Å²) in [7, 11) is -3.65. The molecule has 0 bridgehead atoms. The number of rotatable bonds is 5. The van der Waals surface area contributed by atoms with Gasteiger partial charge in [-0.15, -0.1) is 0 Å². The molecular weight excluding hydrogens is 331 g/mol. The van der Waals surface area contributed by atoms with Gasteiger partial charge in [-0.1, -0.05) is 13.8 Å². The van der Waals surface area contributed by atoms with Gasteiger partial charge < -0.3 is 4.90 Å². The number of carbonyl (C=O) groups is 1. The van der Waals surface area contributed by atoms with Crippen LogP contribution in [0.25, 0.3) is 0 Å². The van der Waals surface area contributed by atoms with Gasteiger partial charge in [0.2, 0.25) is 15.9 Å². The molecule has 1 aromatic rings. The van der Waals surface area contributed by atoms with Crippen molar-refractivity contribution in [3.05, 3.63) is 29.6 Å². The fourth-order valence-electron chi connectivity index (χ4n) is 2.97. The molecule has 0 N–H and O–H groups in total. The first-order valence-electron chi connectivity index (χ1n) is 8.36. The third-order valence-electron chi connectivity index (χ3n) is 4.65. The molecule has 1 amide bonds. The van der Waals surface area contributed by atoms with Gasteiger partial charge in [-0.3, -0.25) is 4.79 Å². The molecule has 24 heavy (non-hydrogen) atoms. The maximum atomic E-state index is 13.4. The normalized spacial score (nSPS) is 16.6. The summed E-state index contributed by atoms with van der Waals surface area (Å²) in [4.78, 5) is 14.2. The Morgan fingerprint density at radius 3 is 2.25 bits per heavy atom. The average Bonchev–Trinajstić information content (AvgIpc) is 2.58. The standard InChI is InChI=1S/C17H25FN2O3S/c1-4-14(5-2)17(21)19-8-10-20(11-9-19)24(22,23)15-6-7-16(18)13(3)12-15/h6-7,12,14H,4-5,8-11H2,1-3H3. The molecule has 1 aliphatic rings. The van der Waals surface area contributed by atoms with Crippen LogP contribution in [0.3, 0.4) is 0 Å². The molecule has 1 heterocycles. The van der Waals surface area contributed by atoms with Gasteiger partial charge in [-0.05, 0) is 43.5 Å². The van der Waals surface area contributed by atoms with Gasteiger partial charge >= 0.3 is 0 Å². The van der Waals surface area contributed by atoms with Crippen LogP contribution < -0.4 is 0 Å². The fraction of sp³-hybridized carbons (Fsp3) is 0.588. The first-order valence-corrected chi connectivity index (χ1v) is 9.80. The van der Waals surface area contributed by atoms with Crippen molar-refractivity contribution in [2.24, 2.45) is 5.92 Å². The summed E-state index contributed by atoms with van der Waals surface area (Å²) < 4.78 is 40.1. The minimum Gasteiger partial charge on any atom is -0.340 e. The van der Waals surface area contributed by atoms with Crippen molar-refractivity contribution >= 4 is 15.9 Å². The van der Waals surface area contributed by atoms with E-state index in [1.54, 1.807) is 11.8 Å². The van der Waals surface area contributed by atoms with Crippen molar-refractivity contribution in [2.75, 3.05) is 26.2 Å². The number of sulfonamides is 1. The summed E-state index contributed by atoms with van der Waals surface area (Å²) >= 11 is 0. The summed E-state index contributed by atoms with van der Waals surface area (Å²) in [5.74, 6) is -0.308. The molecule has 0 radical (unpaired) electrons. The molecule has 0 saturated carbocycles. The molecule has 0 aromatic heterocycles. The monoisotopic (exact) mass is 356 g/mol. The number of benzene rings is 1. The lowest BCUT2D eigenvalue weighted by atomic mass is 10.0. The number of carbonyl (C=O) groups excluding carboxylic acids is 1. The average molecular weight is 356 g/mol. The number of piperazine rings is 1. The molecule has 0 spiro atoms. The van der Waals surface area contributed by atoms with Gasteiger partial charge in [0.1, 0.15) is 5.82 Å². The van der Waals surface area contributed by atoms with Crippen molar-refractivity contribution in [1.82, 2.24) is 9.21 Å². The first-order chi connectivity index (χ1) is 11.3. The Labute approximate surface area is 143 Å². The lowest BCUT2D eigenvalue weighted by molar-refractivity contribution is -0.136. The number of aryl methyl sites for hydroxylation is 1. The van der Waals surface area contributed by atoms with Gasteiger partial charge in [0.15, 0.2) is 0 Å². The summed E-state index contributed by atoms with van der Waals surface area (Å²) in [6.07, 6.45) is 1.59. The Hall–Kier alpha value is -1.47. The van der Waals surface area contributed by atoms with E-state index < -0.39 is 15.8 Å². The molecular formula is C17H25FN2O3S. The van der Waals surface area contributed by atoms with Crippen molar-refractivity contribution in [3.63, 3.8) is 0 Å². The van der Waals surface area contributed by atoms with Gasteiger partial charge in [0, 0.05) is 32.1 Å². The number of hydrogen-bond acceptors (Lipinski definition) is 3. The second-order valence-electron chi connectivity index (χ2n) is 6.15. The third kappa shape index (κ3) is 3.78. The van der Waals surface area contributed by atoms with Crippen LogP contribution in [0.4, 0.5) is 4.39 Å². The zero-order valence-electron chi connectivity index (χ0n) is 14.5. The Morgan fingerprint density at radius 2 is 1.75 bits per heavy atom. The Balaban J connectivity index is 2.08. The predicted molar refractivity (Wildman–Crippen MR) is 90.5 cm³/mol. The van der Waals surface area contributed by atoms with E-state index in [9.17, 15) is 17.6 Å². The van der Waals surface area contributed by atoms with Crippen LogP contribution >= 0.6 is 0 Å². The van der Waals surface area contributed by atoms with Crippen molar-refractivity contribution in [1.29, 1.82) is 0 Å². The molecule has 1 aromatic carbocycles. The Bertz CT molecular complexity index is 694. The number of amides is 1. The molecule has 5 nitrogen and oxygen atoms in total. The lowest BCUT2D eigenvalue weighted by Gasteiger charge is -2.35. The van der Waals surface area contributed by atoms with Crippen LogP contribution in [0, 0.1) is 18.7 Å². The highest BCUT2D eigenvalue weighted by Crippen LogP contribution is 2.21.